The van der Waals surface area contributed by atoms with Gasteiger partial charge >= 0.3 is 0 Å². The Labute approximate surface area is 146 Å². The number of thiophene rings is 1. The van der Waals surface area contributed by atoms with Gasteiger partial charge in [0.05, 0.1) is 24.7 Å². The molecular formula is C19H22NO3S+. The van der Waals surface area contributed by atoms with Gasteiger partial charge in [-0.1, -0.05) is 19.4 Å². The maximum atomic E-state index is 12.6. The van der Waals surface area contributed by atoms with Crippen LogP contribution in [0.15, 0.2) is 35.4 Å². The van der Waals surface area contributed by atoms with E-state index in [0.29, 0.717) is 29.2 Å². The van der Waals surface area contributed by atoms with Gasteiger partial charge in [0.1, 0.15) is 12.3 Å². The molecule has 2 aromatic rings. The molecule has 3 rings (SSSR count). The van der Waals surface area contributed by atoms with E-state index in [1.807, 2.05) is 17.5 Å². The minimum atomic E-state index is -0.120. The summed E-state index contributed by atoms with van der Waals surface area (Å²) >= 11 is 1.56. The molecule has 4 nitrogen and oxygen atoms in total. The molecular weight excluding hydrogens is 322 g/mol. The smallest absolute Gasteiger partial charge is 0.232 e. The normalized spacial score (nSPS) is 16.2. The first kappa shape index (κ1) is 16.7. The number of fused-ring (bicyclic) bond motifs is 1. The number of hydrogen-bond donors (Lipinski definition) is 2. The molecule has 2 N–H and O–H groups in total. The first-order valence-electron chi connectivity index (χ1n) is 8.24. The lowest BCUT2D eigenvalue weighted by Crippen LogP contribution is -3.07. The van der Waals surface area contributed by atoms with Crippen LogP contribution >= 0.6 is 11.3 Å². The highest BCUT2D eigenvalue weighted by Crippen LogP contribution is 2.39. The Bertz CT molecular complexity index is 765. The van der Waals surface area contributed by atoms with Gasteiger partial charge in [-0.05, 0) is 30.0 Å². The van der Waals surface area contributed by atoms with Crippen LogP contribution in [0.4, 0.5) is 0 Å². The van der Waals surface area contributed by atoms with E-state index in [2.05, 4.69) is 14.0 Å². The number of unbranched alkanes of at least 4 members (excludes halogenated alkanes) is 1. The number of Topliss-reactive ketones (excluding diaryl/α,β-unsaturated/α-hetero) is 1. The standard InChI is InChI=1S/C19H21NO3S/c1-3-4-9-20(2)12-15-16(21)8-7-14-18(22)17(23-19(14)15)11-13-6-5-10-24-13/h5-8,10-11,21H,3-4,9,12H2,1-2H3/p+1/b17-11-. The van der Waals surface area contributed by atoms with Crippen LogP contribution < -0.4 is 9.64 Å². The number of aromatic hydroxyl groups is 1. The highest BCUT2D eigenvalue weighted by atomic mass is 32.1. The number of ether oxygens (including phenoxy) is 1. The van der Waals surface area contributed by atoms with E-state index in [4.69, 9.17) is 4.74 Å². The van der Waals surface area contributed by atoms with E-state index >= 15 is 0 Å². The van der Waals surface area contributed by atoms with Crippen LogP contribution in [0.3, 0.4) is 0 Å². The molecule has 0 bridgehead atoms. The third kappa shape index (κ3) is 3.37. The molecule has 0 saturated heterocycles. The molecule has 126 valence electrons. The van der Waals surface area contributed by atoms with Gasteiger partial charge in [0.2, 0.25) is 5.78 Å². The topological polar surface area (TPSA) is 51.0 Å². The molecule has 24 heavy (non-hydrogen) atoms. The molecule has 1 aliphatic rings. The number of allylic oxidation sites excluding steroid dienone is 1. The molecule has 1 aromatic heterocycles. The Kier molecular flexibility index (Phi) is 5.02. The molecule has 0 amide bonds. The van der Waals surface area contributed by atoms with Crippen molar-refractivity contribution in [3.05, 3.63) is 51.4 Å². The van der Waals surface area contributed by atoms with Crippen molar-refractivity contribution in [3.8, 4) is 11.5 Å². The van der Waals surface area contributed by atoms with E-state index in [9.17, 15) is 9.90 Å². The van der Waals surface area contributed by atoms with Gasteiger partial charge in [-0.25, -0.2) is 0 Å². The van der Waals surface area contributed by atoms with Gasteiger partial charge in [0, 0.05) is 11.0 Å². The fraction of sp³-hybridized carbons (Fsp3) is 0.316. The molecule has 0 spiro atoms. The van der Waals surface area contributed by atoms with Crippen molar-refractivity contribution in [1.82, 2.24) is 0 Å². The third-order valence-corrected chi connectivity index (χ3v) is 4.99. The summed E-state index contributed by atoms with van der Waals surface area (Å²) in [5, 5.41) is 12.2. The van der Waals surface area contributed by atoms with E-state index in [-0.39, 0.29) is 11.5 Å². The zero-order valence-corrected chi connectivity index (χ0v) is 14.8. The number of carbonyl (C=O) groups excluding carboxylic acids is 1. The first-order chi connectivity index (χ1) is 11.6. The number of carbonyl (C=O) groups is 1. The van der Waals surface area contributed by atoms with Crippen molar-refractivity contribution in [2.45, 2.75) is 26.3 Å². The Morgan fingerprint density at radius 1 is 1.33 bits per heavy atom. The molecule has 1 unspecified atom stereocenters. The average molecular weight is 344 g/mol. The number of benzene rings is 1. The van der Waals surface area contributed by atoms with Gasteiger partial charge in [0.15, 0.2) is 11.5 Å². The summed E-state index contributed by atoms with van der Waals surface area (Å²) in [7, 11) is 2.09. The van der Waals surface area contributed by atoms with Crippen molar-refractivity contribution in [2.24, 2.45) is 0 Å². The lowest BCUT2D eigenvalue weighted by molar-refractivity contribution is -0.894. The zero-order valence-electron chi connectivity index (χ0n) is 14.0. The average Bonchev–Trinajstić information content (AvgIpc) is 3.18. The zero-order chi connectivity index (χ0) is 17.1. The maximum absolute atomic E-state index is 12.6. The Hall–Kier alpha value is -2.11. The van der Waals surface area contributed by atoms with Crippen LogP contribution in [0.1, 0.15) is 40.6 Å². The van der Waals surface area contributed by atoms with Gasteiger partial charge in [0.25, 0.3) is 0 Å². The lowest BCUT2D eigenvalue weighted by Gasteiger charge is -2.16. The Balaban J connectivity index is 1.89. The van der Waals surface area contributed by atoms with Gasteiger partial charge in [-0.3, -0.25) is 4.79 Å². The molecule has 1 aromatic carbocycles. The van der Waals surface area contributed by atoms with E-state index in [0.717, 1.165) is 24.3 Å². The summed E-state index contributed by atoms with van der Waals surface area (Å²) in [6.07, 6.45) is 4.03. The highest BCUT2D eigenvalue weighted by molar-refractivity contribution is 7.10. The quantitative estimate of drug-likeness (QED) is 0.792. The number of hydrogen-bond acceptors (Lipinski definition) is 4. The van der Waals surface area contributed by atoms with Crippen LogP contribution in [0.25, 0.3) is 6.08 Å². The van der Waals surface area contributed by atoms with Crippen LogP contribution in [0, 0.1) is 0 Å². The molecule has 5 heteroatoms. The maximum Gasteiger partial charge on any atom is 0.232 e. The fourth-order valence-electron chi connectivity index (χ4n) is 2.84. The summed E-state index contributed by atoms with van der Waals surface area (Å²) in [5.41, 5.74) is 1.25. The van der Waals surface area contributed by atoms with Crippen LogP contribution in [-0.4, -0.2) is 24.5 Å². The van der Waals surface area contributed by atoms with Gasteiger partial charge < -0.3 is 14.7 Å². The minimum Gasteiger partial charge on any atom is -0.507 e. The minimum absolute atomic E-state index is 0.120. The molecule has 2 heterocycles. The van der Waals surface area contributed by atoms with Crippen molar-refractivity contribution in [2.75, 3.05) is 13.6 Å². The van der Waals surface area contributed by atoms with Gasteiger partial charge in [-0.15, -0.1) is 11.3 Å². The van der Waals surface area contributed by atoms with Crippen molar-refractivity contribution < 1.29 is 19.5 Å². The molecule has 0 aliphatic carbocycles. The van der Waals surface area contributed by atoms with Gasteiger partial charge in [-0.2, -0.15) is 0 Å². The summed E-state index contributed by atoms with van der Waals surface area (Å²) in [5.74, 6) is 0.907. The summed E-state index contributed by atoms with van der Waals surface area (Å²) in [6, 6.07) is 7.12. The number of ketones is 1. The monoisotopic (exact) mass is 344 g/mol. The van der Waals surface area contributed by atoms with Crippen LogP contribution in [-0.2, 0) is 6.54 Å². The summed E-state index contributed by atoms with van der Waals surface area (Å²) < 4.78 is 5.85. The molecule has 0 saturated carbocycles. The highest BCUT2D eigenvalue weighted by Gasteiger charge is 2.32. The molecule has 0 fully saturated rings. The summed E-state index contributed by atoms with van der Waals surface area (Å²) in [6.45, 7) is 3.81. The Morgan fingerprint density at radius 3 is 2.88 bits per heavy atom. The predicted octanol–water partition coefficient (Wildman–Crippen LogP) is 2.88. The number of quaternary nitrogens is 1. The van der Waals surface area contributed by atoms with E-state index < -0.39 is 0 Å². The fourth-order valence-corrected chi connectivity index (χ4v) is 3.49. The first-order valence-corrected chi connectivity index (χ1v) is 9.12. The number of rotatable bonds is 6. The van der Waals surface area contributed by atoms with Crippen molar-refractivity contribution >= 4 is 23.2 Å². The second kappa shape index (κ2) is 7.20. The largest absolute Gasteiger partial charge is 0.507 e. The summed E-state index contributed by atoms with van der Waals surface area (Å²) in [4.78, 5) is 14.8. The van der Waals surface area contributed by atoms with Crippen LogP contribution in [0.5, 0.6) is 11.5 Å². The predicted molar refractivity (Wildman–Crippen MR) is 95.7 cm³/mol. The number of phenols is 1. The van der Waals surface area contributed by atoms with Crippen molar-refractivity contribution in [3.63, 3.8) is 0 Å². The molecule has 1 aliphatic heterocycles. The van der Waals surface area contributed by atoms with E-state index in [1.165, 1.54) is 4.90 Å². The van der Waals surface area contributed by atoms with Crippen LogP contribution in [0.2, 0.25) is 0 Å². The third-order valence-electron chi connectivity index (χ3n) is 4.17. The molecule has 1 atom stereocenters. The van der Waals surface area contributed by atoms with E-state index in [1.54, 1.807) is 29.5 Å². The Morgan fingerprint density at radius 2 is 2.17 bits per heavy atom. The number of nitrogens with one attached hydrogen (secondary N) is 1. The number of phenolic OH excluding ortho intramolecular Hbond substituents is 1. The second-order valence-corrected chi connectivity index (χ2v) is 7.11. The second-order valence-electron chi connectivity index (χ2n) is 6.13. The SMILES string of the molecule is CCCC[NH+](C)Cc1c(O)ccc2c1O/C(=C\c1cccs1)C2=O. The van der Waals surface area contributed by atoms with Crippen molar-refractivity contribution in [1.29, 1.82) is 0 Å². The molecule has 0 radical (unpaired) electrons. The lowest BCUT2D eigenvalue weighted by atomic mass is 10.0.